The maximum absolute atomic E-state index is 12.8. The molecule has 0 radical (unpaired) electrons. The number of hydrogen-bond acceptors (Lipinski definition) is 11. The first kappa shape index (κ1) is 44.1. The number of ether oxygens (including phenoxy) is 4. The lowest BCUT2D eigenvalue weighted by Gasteiger charge is -2.25. The summed E-state index contributed by atoms with van der Waals surface area (Å²) in [5, 5.41) is 16.9. The first-order valence-corrected chi connectivity index (χ1v) is 20.8. The van der Waals surface area contributed by atoms with Gasteiger partial charge in [0, 0.05) is 62.7 Å². The van der Waals surface area contributed by atoms with Crippen LogP contribution in [0.25, 0.3) is 0 Å². The molecule has 4 N–H and O–H groups in total. The lowest BCUT2D eigenvalue weighted by molar-refractivity contribution is -0.0626. The average Bonchev–Trinajstić information content (AvgIpc) is 3.94. The molecule has 55 heavy (non-hydrogen) atoms. The van der Waals surface area contributed by atoms with Crippen molar-refractivity contribution in [2.45, 2.75) is 118 Å². The number of aromatic carboxylic acids is 1. The van der Waals surface area contributed by atoms with Crippen molar-refractivity contribution in [1.29, 1.82) is 0 Å². The monoisotopic (exact) mass is 800 g/mol. The number of amides is 1. The van der Waals surface area contributed by atoms with E-state index in [-0.39, 0.29) is 23.7 Å². The van der Waals surface area contributed by atoms with Gasteiger partial charge in [0.1, 0.15) is 22.6 Å². The summed E-state index contributed by atoms with van der Waals surface area (Å²) in [5.74, 6) is 0.116. The Labute approximate surface area is 333 Å². The van der Waals surface area contributed by atoms with Crippen molar-refractivity contribution in [3.63, 3.8) is 0 Å². The second-order valence-corrected chi connectivity index (χ2v) is 17.2. The van der Waals surface area contributed by atoms with Crippen molar-refractivity contribution in [3.05, 3.63) is 70.2 Å². The van der Waals surface area contributed by atoms with Crippen LogP contribution in [0.5, 0.6) is 0 Å². The van der Waals surface area contributed by atoms with Gasteiger partial charge in [0.15, 0.2) is 10.3 Å². The van der Waals surface area contributed by atoms with Crippen LogP contribution in [-0.2, 0) is 43.2 Å². The molecule has 4 aromatic heterocycles. The summed E-state index contributed by atoms with van der Waals surface area (Å²) in [4.78, 5) is 32.4. The van der Waals surface area contributed by atoms with Crippen molar-refractivity contribution in [2.75, 3.05) is 37.5 Å². The average molecular weight is 801 g/mol. The predicted octanol–water partition coefficient (Wildman–Crippen LogP) is 8.28. The van der Waals surface area contributed by atoms with Crippen LogP contribution in [0.4, 0.5) is 10.3 Å². The van der Waals surface area contributed by atoms with Gasteiger partial charge in [-0.2, -0.15) is 0 Å². The third-order valence-electron chi connectivity index (χ3n) is 9.24. The molecule has 0 unspecified atom stereocenters. The molecule has 1 amide bonds. The highest BCUT2D eigenvalue weighted by Gasteiger charge is 2.27. The smallest absolute Gasteiger partial charge is 0.352 e. The van der Waals surface area contributed by atoms with E-state index in [9.17, 15) is 9.59 Å². The molecule has 0 aliphatic carbocycles. The van der Waals surface area contributed by atoms with Gasteiger partial charge in [0.25, 0.3) is 5.91 Å². The molecule has 2 saturated heterocycles. The quantitative estimate of drug-likeness (QED) is 0.120. The van der Waals surface area contributed by atoms with Crippen LogP contribution in [0.1, 0.15) is 113 Å². The zero-order chi connectivity index (χ0) is 40.2. The van der Waals surface area contributed by atoms with Crippen LogP contribution in [0, 0.1) is 11.8 Å². The molecule has 4 aromatic rings. The molecule has 15 heteroatoms. The van der Waals surface area contributed by atoms with Crippen molar-refractivity contribution < 1.29 is 33.6 Å². The largest absolute Gasteiger partial charge is 0.477 e. The number of hydrogen-bond donors (Lipinski definition) is 3. The van der Waals surface area contributed by atoms with Crippen LogP contribution >= 0.6 is 22.7 Å². The second-order valence-electron chi connectivity index (χ2n) is 15.4. The van der Waals surface area contributed by atoms with Crippen molar-refractivity contribution >= 4 is 44.8 Å². The van der Waals surface area contributed by atoms with Gasteiger partial charge in [-0.05, 0) is 117 Å². The summed E-state index contributed by atoms with van der Waals surface area (Å²) in [6.07, 6.45) is 8.23. The van der Waals surface area contributed by atoms with E-state index < -0.39 is 11.6 Å². The van der Waals surface area contributed by atoms with Gasteiger partial charge in [0.05, 0.1) is 23.6 Å². The number of nitrogen functional groups attached to an aromatic ring is 1. The number of nitrogens with one attached hydrogen (secondary N) is 1. The van der Waals surface area contributed by atoms with Gasteiger partial charge in [-0.25, -0.2) is 14.8 Å². The number of thiazole rings is 2. The highest BCUT2D eigenvalue weighted by molar-refractivity contribution is 7.14. The van der Waals surface area contributed by atoms with Crippen LogP contribution in [0.15, 0.2) is 47.4 Å². The molecule has 13 nitrogen and oxygen atoms in total. The maximum atomic E-state index is 12.8. The summed E-state index contributed by atoms with van der Waals surface area (Å²) in [6.45, 7) is 20.9. The highest BCUT2D eigenvalue weighted by atomic mass is 32.1. The maximum Gasteiger partial charge on any atom is 0.352 e. The standard InChI is InChI=1S/C20H29N3O3S.C11H15NO3.C9H16N2OS/c1-14(2)26-20(3,4)17-13-27-19(21-17)22-18(24)16-6-5-9-23(16)12-15-7-10-25-11-8-15;13-11(14)10-2-1-5-12(10)8-9-3-6-15-7-4-9;1-6(2)12-9(3,4)7-5-13-8(10)11-7/h5-6,9,13-15H,7-8,10-12H2,1-4H3,(H,21,22,24);1-2,5,9H,3-4,6-8H2,(H,13,14);5-6H,1-4H3,(H2,10,11). The molecule has 6 heterocycles. The topological polar surface area (TPSA) is 165 Å². The Morgan fingerprint density at radius 3 is 1.73 bits per heavy atom. The zero-order valence-corrected chi connectivity index (χ0v) is 35.2. The fraction of sp³-hybridized carbons (Fsp3) is 0.600. The second kappa shape index (κ2) is 20.5. The molecule has 2 aliphatic heterocycles. The molecule has 0 bridgehead atoms. The van der Waals surface area contributed by atoms with Crippen molar-refractivity contribution in [2.24, 2.45) is 11.8 Å². The van der Waals surface area contributed by atoms with E-state index >= 15 is 0 Å². The SMILES string of the molecule is CC(C)OC(C)(C)c1csc(N)n1.CC(C)OC(C)(C)c1csc(NC(=O)c2cccn2CC2CCOCC2)n1.O=C(O)c1cccn1CC1CCOCC1. The highest BCUT2D eigenvalue weighted by Crippen LogP contribution is 2.30. The van der Waals surface area contributed by atoms with Crippen LogP contribution in [-0.4, -0.2) is 74.7 Å². The van der Waals surface area contributed by atoms with Gasteiger partial charge in [-0.3, -0.25) is 10.1 Å². The van der Waals surface area contributed by atoms with E-state index in [1.165, 1.54) is 22.7 Å². The number of rotatable bonds is 13. The molecular formula is C40H60N6O7S2. The summed E-state index contributed by atoms with van der Waals surface area (Å²) in [6, 6.07) is 7.19. The lowest BCUT2D eigenvalue weighted by Crippen LogP contribution is -2.26. The van der Waals surface area contributed by atoms with E-state index in [0.29, 0.717) is 33.5 Å². The number of carbonyl (C=O) groups is 2. The van der Waals surface area contributed by atoms with Gasteiger partial charge in [0.2, 0.25) is 0 Å². The Hall–Kier alpha value is -3.60. The molecule has 2 aliphatic rings. The summed E-state index contributed by atoms with van der Waals surface area (Å²) >= 11 is 2.87. The van der Waals surface area contributed by atoms with E-state index in [4.69, 9.17) is 29.8 Å². The van der Waals surface area contributed by atoms with Crippen LogP contribution in [0.2, 0.25) is 0 Å². The molecule has 6 rings (SSSR count). The minimum Gasteiger partial charge on any atom is -0.477 e. The Balaban J connectivity index is 0.000000202. The number of carboxylic acids is 1. The van der Waals surface area contributed by atoms with E-state index in [1.807, 2.05) is 99.8 Å². The first-order chi connectivity index (χ1) is 26.0. The Morgan fingerprint density at radius 1 is 0.818 bits per heavy atom. The minimum atomic E-state index is -0.855. The van der Waals surface area contributed by atoms with E-state index in [0.717, 1.165) is 76.6 Å². The predicted molar refractivity (Wildman–Crippen MR) is 218 cm³/mol. The van der Waals surface area contributed by atoms with E-state index in [2.05, 4.69) is 15.3 Å². The summed E-state index contributed by atoms with van der Waals surface area (Å²) in [5.41, 5.74) is 7.50. The number of nitrogens with two attached hydrogens (primary N) is 1. The van der Waals surface area contributed by atoms with Gasteiger partial charge < -0.3 is 38.9 Å². The van der Waals surface area contributed by atoms with Crippen LogP contribution in [0.3, 0.4) is 0 Å². The molecular weight excluding hydrogens is 741 g/mol. The normalized spacial score (nSPS) is 15.7. The summed E-state index contributed by atoms with van der Waals surface area (Å²) in [7, 11) is 0. The number of nitrogens with zero attached hydrogens (tertiary/aromatic N) is 4. The number of carbonyl (C=O) groups excluding carboxylic acids is 1. The van der Waals surface area contributed by atoms with Crippen LogP contribution < -0.4 is 11.1 Å². The summed E-state index contributed by atoms with van der Waals surface area (Å²) < 4.78 is 26.2. The fourth-order valence-electron chi connectivity index (χ4n) is 6.59. The van der Waals surface area contributed by atoms with Crippen molar-refractivity contribution in [3.8, 4) is 0 Å². The Kier molecular flexibility index (Phi) is 16.5. The van der Waals surface area contributed by atoms with Gasteiger partial charge in [-0.15, -0.1) is 22.7 Å². The van der Waals surface area contributed by atoms with Gasteiger partial charge >= 0.3 is 5.97 Å². The number of anilines is 2. The fourth-order valence-corrected chi connectivity index (χ4v) is 8.18. The zero-order valence-electron chi connectivity index (χ0n) is 33.6. The van der Waals surface area contributed by atoms with E-state index in [1.54, 1.807) is 12.1 Å². The van der Waals surface area contributed by atoms with Crippen molar-refractivity contribution in [1.82, 2.24) is 19.1 Å². The third kappa shape index (κ3) is 13.8. The Bertz CT molecular complexity index is 1760. The molecule has 0 atom stereocenters. The molecule has 0 aromatic carbocycles. The minimum absolute atomic E-state index is 0.105. The Morgan fingerprint density at radius 2 is 1.27 bits per heavy atom. The molecule has 0 saturated carbocycles. The lowest BCUT2D eigenvalue weighted by atomic mass is 10.0. The number of carboxylic acid groups (broad SMARTS) is 1. The molecule has 0 spiro atoms. The molecule has 2 fully saturated rings. The van der Waals surface area contributed by atoms with Gasteiger partial charge in [-0.1, -0.05) is 0 Å². The first-order valence-electron chi connectivity index (χ1n) is 19.1. The molecule has 304 valence electrons. The number of aromatic nitrogens is 4. The third-order valence-corrected chi connectivity index (χ3v) is 10.7.